The summed E-state index contributed by atoms with van der Waals surface area (Å²) in [5, 5.41) is 0. The molecule has 0 N–H and O–H groups in total. The molecule has 0 aromatic rings. The highest BCUT2D eigenvalue weighted by Crippen LogP contribution is 2.07. The molecule has 0 radical (unpaired) electrons. The monoisotopic (exact) mass is 178 g/mol. The largest absolute Gasteiger partial charge is 0.379 e. The fraction of sp³-hybridized carbons (Fsp3) is 0.714. The summed E-state index contributed by atoms with van der Waals surface area (Å²) in [6.45, 7) is 10.4. The number of halogens is 1. The third-order valence-electron chi connectivity index (χ3n) is 0.794. The van der Waals surface area contributed by atoms with Gasteiger partial charge in [0.05, 0.1) is 12.8 Å². The molecule has 1 nitrogen and oxygen atoms in total. The van der Waals surface area contributed by atoms with Gasteiger partial charge in [0.2, 0.25) is 0 Å². The van der Waals surface area contributed by atoms with Crippen molar-refractivity contribution in [3.8, 4) is 0 Å². The van der Waals surface area contributed by atoms with Crippen molar-refractivity contribution in [2.24, 2.45) is 0 Å². The van der Waals surface area contributed by atoms with Crippen LogP contribution in [0.2, 0.25) is 13.1 Å². The summed E-state index contributed by atoms with van der Waals surface area (Å²) in [5.74, 6) is 0. The van der Waals surface area contributed by atoms with E-state index in [1.807, 2.05) is 6.92 Å². The molecule has 0 amide bonds. The van der Waals surface area contributed by atoms with Crippen LogP contribution in [-0.2, 0) is 4.74 Å². The molecule has 3 heteroatoms. The first kappa shape index (κ1) is 10.2. The van der Waals surface area contributed by atoms with Crippen LogP contribution in [0, 0.1) is 0 Å². The zero-order valence-corrected chi connectivity index (χ0v) is 8.66. The Morgan fingerprint density at radius 1 is 1.60 bits per heavy atom. The molecule has 0 aromatic carbocycles. The van der Waals surface area contributed by atoms with E-state index in [-0.39, 0.29) is 0 Å². The maximum Gasteiger partial charge on any atom is 0.176 e. The second kappa shape index (κ2) is 4.16. The third kappa shape index (κ3) is 8.21. The molecule has 0 aliphatic heterocycles. The van der Waals surface area contributed by atoms with Crippen LogP contribution in [-0.4, -0.2) is 20.2 Å². The molecule has 0 saturated carbocycles. The lowest BCUT2D eigenvalue weighted by Gasteiger charge is -2.12. The summed E-state index contributed by atoms with van der Waals surface area (Å²) in [6.07, 6.45) is 0.710. The SMILES string of the molecule is C=C(C)COC[Si](C)(C)Cl. The maximum atomic E-state index is 6.00. The first-order valence-corrected chi connectivity index (χ1v) is 7.55. The first-order valence-electron chi connectivity index (χ1n) is 3.33. The van der Waals surface area contributed by atoms with Crippen LogP contribution in [0.1, 0.15) is 6.92 Å². The first-order chi connectivity index (χ1) is 4.42. The van der Waals surface area contributed by atoms with Crippen molar-refractivity contribution < 1.29 is 4.74 Å². The van der Waals surface area contributed by atoms with Gasteiger partial charge in [0.25, 0.3) is 0 Å². The number of rotatable bonds is 4. The van der Waals surface area contributed by atoms with E-state index in [1.54, 1.807) is 0 Å². The zero-order chi connectivity index (χ0) is 8.20. The van der Waals surface area contributed by atoms with Crippen LogP contribution < -0.4 is 0 Å². The Morgan fingerprint density at radius 2 is 2.10 bits per heavy atom. The molecule has 0 spiro atoms. The summed E-state index contributed by atoms with van der Waals surface area (Å²) in [6, 6.07) is 0. The normalized spacial score (nSPS) is 11.6. The Bertz CT molecular complexity index is 117. The Morgan fingerprint density at radius 3 is 2.40 bits per heavy atom. The van der Waals surface area contributed by atoms with Crippen LogP contribution in [0.5, 0.6) is 0 Å². The van der Waals surface area contributed by atoms with Crippen molar-refractivity contribution in [3.05, 3.63) is 12.2 Å². The fourth-order valence-corrected chi connectivity index (χ4v) is 1.29. The minimum Gasteiger partial charge on any atom is -0.379 e. The predicted octanol–water partition coefficient (Wildman–Crippen LogP) is 2.56. The molecule has 0 heterocycles. The Labute approximate surface area is 68.7 Å². The second-order valence-corrected chi connectivity index (χ2v) is 9.96. The molecule has 0 atom stereocenters. The minimum atomic E-state index is -1.52. The smallest absolute Gasteiger partial charge is 0.176 e. The molecule has 0 unspecified atom stereocenters. The summed E-state index contributed by atoms with van der Waals surface area (Å²) in [4.78, 5) is 0. The minimum absolute atomic E-state index is 0.642. The van der Waals surface area contributed by atoms with Crippen molar-refractivity contribution in [1.82, 2.24) is 0 Å². The van der Waals surface area contributed by atoms with Gasteiger partial charge in [0, 0.05) is 0 Å². The van der Waals surface area contributed by atoms with E-state index in [2.05, 4.69) is 19.7 Å². The van der Waals surface area contributed by atoms with E-state index < -0.39 is 7.38 Å². The van der Waals surface area contributed by atoms with E-state index in [0.717, 1.165) is 5.57 Å². The lowest BCUT2D eigenvalue weighted by Crippen LogP contribution is -2.25. The van der Waals surface area contributed by atoms with Crippen molar-refractivity contribution in [2.45, 2.75) is 20.0 Å². The topological polar surface area (TPSA) is 9.23 Å². The standard InChI is InChI=1S/C7H15ClOSi/c1-7(2)5-9-6-10(3,4)8/h1,5-6H2,2-4H3. The maximum absolute atomic E-state index is 6.00. The highest BCUT2D eigenvalue weighted by molar-refractivity contribution is 7.19. The van der Waals surface area contributed by atoms with Gasteiger partial charge in [-0.2, -0.15) is 11.1 Å². The molecule has 0 aliphatic carbocycles. The molecular weight excluding hydrogens is 164 g/mol. The highest BCUT2D eigenvalue weighted by Gasteiger charge is 2.16. The van der Waals surface area contributed by atoms with E-state index in [9.17, 15) is 0 Å². The zero-order valence-electron chi connectivity index (χ0n) is 6.91. The number of ether oxygens (including phenoxy) is 1. The fourth-order valence-electron chi connectivity index (χ4n) is 0.468. The molecule has 0 bridgehead atoms. The van der Waals surface area contributed by atoms with Crippen molar-refractivity contribution in [1.29, 1.82) is 0 Å². The van der Waals surface area contributed by atoms with Crippen LogP contribution in [0.3, 0.4) is 0 Å². The molecule has 0 fully saturated rings. The van der Waals surface area contributed by atoms with Gasteiger partial charge in [-0.3, -0.25) is 0 Å². The van der Waals surface area contributed by atoms with Crippen molar-refractivity contribution in [2.75, 3.05) is 12.8 Å². The van der Waals surface area contributed by atoms with Crippen LogP contribution in [0.15, 0.2) is 12.2 Å². The Balaban J connectivity index is 3.29. The molecule has 10 heavy (non-hydrogen) atoms. The lowest BCUT2D eigenvalue weighted by atomic mass is 10.4. The summed E-state index contributed by atoms with van der Waals surface area (Å²) in [5.41, 5.74) is 1.05. The quantitative estimate of drug-likeness (QED) is 0.365. The van der Waals surface area contributed by atoms with Crippen LogP contribution >= 0.6 is 11.1 Å². The van der Waals surface area contributed by atoms with Crippen molar-refractivity contribution in [3.63, 3.8) is 0 Å². The van der Waals surface area contributed by atoms with Gasteiger partial charge in [-0.25, -0.2) is 0 Å². The summed E-state index contributed by atoms with van der Waals surface area (Å²) >= 11 is 6.00. The van der Waals surface area contributed by atoms with Gasteiger partial charge in [-0.1, -0.05) is 25.2 Å². The lowest BCUT2D eigenvalue weighted by molar-refractivity contribution is 0.200. The highest BCUT2D eigenvalue weighted by atomic mass is 35.6. The third-order valence-corrected chi connectivity index (χ3v) is 2.01. The molecule has 60 valence electrons. The summed E-state index contributed by atoms with van der Waals surface area (Å²) in [7, 11) is -1.52. The van der Waals surface area contributed by atoms with E-state index in [1.165, 1.54) is 0 Å². The number of hydrogen-bond donors (Lipinski definition) is 0. The van der Waals surface area contributed by atoms with E-state index in [4.69, 9.17) is 15.8 Å². The van der Waals surface area contributed by atoms with Gasteiger partial charge in [-0.15, -0.1) is 0 Å². The van der Waals surface area contributed by atoms with Gasteiger partial charge >= 0.3 is 0 Å². The van der Waals surface area contributed by atoms with Gasteiger partial charge in [0.15, 0.2) is 7.38 Å². The molecule has 0 aromatic heterocycles. The Kier molecular flexibility index (Phi) is 4.25. The Hall–Kier alpha value is 0.207. The number of hydrogen-bond acceptors (Lipinski definition) is 1. The average molecular weight is 179 g/mol. The molecule has 0 aliphatic rings. The second-order valence-electron chi connectivity index (χ2n) is 3.17. The molecular formula is C7H15ClOSi. The predicted molar refractivity (Wildman–Crippen MR) is 49.0 cm³/mol. The van der Waals surface area contributed by atoms with Crippen LogP contribution in [0.25, 0.3) is 0 Å². The average Bonchev–Trinajstić information content (AvgIpc) is 1.59. The van der Waals surface area contributed by atoms with Crippen LogP contribution in [0.4, 0.5) is 0 Å². The molecule has 0 saturated heterocycles. The van der Waals surface area contributed by atoms with Crippen molar-refractivity contribution >= 4 is 18.5 Å². The van der Waals surface area contributed by atoms with Gasteiger partial charge in [-0.05, 0) is 6.92 Å². The molecule has 0 rings (SSSR count). The summed E-state index contributed by atoms with van der Waals surface area (Å²) < 4.78 is 5.29. The van der Waals surface area contributed by atoms with Gasteiger partial charge in [0.1, 0.15) is 0 Å². The van der Waals surface area contributed by atoms with Gasteiger partial charge < -0.3 is 4.74 Å². The van der Waals surface area contributed by atoms with E-state index >= 15 is 0 Å². The van der Waals surface area contributed by atoms with E-state index in [0.29, 0.717) is 12.8 Å².